The molecule has 32 heavy (non-hydrogen) atoms. The molecule has 1 saturated heterocycles. The number of hydrogen-bond acceptors (Lipinski definition) is 4. The highest BCUT2D eigenvalue weighted by Crippen LogP contribution is 2.29. The number of aliphatic hydroxyl groups is 1. The number of carboxylic acids is 1. The zero-order valence-corrected chi connectivity index (χ0v) is 19.5. The summed E-state index contributed by atoms with van der Waals surface area (Å²) in [6.07, 6.45) is -0.543. The summed E-state index contributed by atoms with van der Waals surface area (Å²) >= 11 is 6.13. The van der Waals surface area contributed by atoms with Crippen molar-refractivity contribution in [3.63, 3.8) is 0 Å². The van der Waals surface area contributed by atoms with Gasteiger partial charge < -0.3 is 20.1 Å². The number of carboxylic acid groups (broad SMARTS) is 1. The minimum Gasteiger partial charge on any atom is -0.477 e. The van der Waals surface area contributed by atoms with E-state index in [0.717, 1.165) is 18.5 Å². The number of nitrogens with zero attached hydrogens (tertiary/aromatic N) is 2. The van der Waals surface area contributed by atoms with Crippen molar-refractivity contribution in [3.05, 3.63) is 64.3 Å². The highest BCUT2D eigenvalue weighted by atomic mass is 35.5. The Hall–Kier alpha value is -2.54. The van der Waals surface area contributed by atoms with E-state index in [2.05, 4.69) is 54.9 Å². The number of benzene rings is 2. The van der Waals surface area contributed by atoms with Crippen LogP contribution in [0.15, 0.2) is 42.5 Å². The second-order valence-corrected chi connectivity index (χ2v) is 9.91. The van der Waals surface area contributed by atoms with Gasteiger partial charge in [0.1, 0.15) is 11.9 Å². The summed E-state index contributed by atoms with van der Waals surface area (Å²) in [6.45, 7) is 9.63. The molecule has 2 heterocycles. The minimum absolute atomic E-state index is 0.110. The van der Waals surface area contributed by atoms with Gasteiger partial charge in [-0.2, -0.15) is 0 Å². The van der Waals surface area contributed by atoms with Gasteiger partial charge in [0.15, 0.2) is 0 Å². The van der Waals surface area contributed by atoms with E-state index < -0.39 is 12.2 Å². The lowest BCUT2D eigenvalue weighted by Crippen LogP contribution is -2.51. The fraction of sp³-hybridized carbons (Fsp3) is 0.400. The van der Waals surface area contributed by atoms with Crippen molar-refractivity contribution in [3.8, 4) is 0 Å². The molecule has 3 aromatic rings. The average molecular weight is 456 g/mol. The van der Waals surface area contributed by atoms with E-state index in [4.69, 9.17) is 11.6 Å². The smallest absolute Gasteiger partial charge is 0.352 e. The van der Waals surface area contributed by atoms with Gasteiger partial charge in [0.25, 0.3) is 0 Å². The van der Waals surface area contributed by atoms with Crippen molar-refractivity contribution in [1.82, 2.24) is 9.88 Å². The standard InChI is InChI=1S/C25H30ClN3O3/c1-25(2,3)16-4-7-18(8-5-16)28-10-12-29(13-11-28)22(30)15-20-19-14-17(26)6-9-21(19)27-23(20)24(31)32/h4-9,14,22,27,30H,10-13,15H2,1-3H3,(H,31,32). The monoisotopic (exact) mass is 455 g/mol. The largest absolute Gasteiger partial charge is 0.477 e. The number of aromatic carboxylic acids is 1. The quantitative estimate of drug-likeness (QED) is 0.527. The van der Waals surface area contributed by atoms with Crippen LogP contribution in [0.5, 0.6) is 0 Å². The molecule has 4 rings (SSSR count). The number of nitrogens with one attached hydrogen (secondary N) is 1. The van der Waals surface area contributed by atoms with Gasteiger partial charge in [-0.25, -0.2) is 4.79 Å². The first kappa shape index (κ1) is 22.6. The van der Waals surface area contributed by atoms with Crippen LogP contribution in [0.1, 0.15) is 42.4 Å². The third-order valence-electron chi connectivity index (χ3n) is 6.30. The van der Waals surface area contributed by atoms with E-state index in [1.165, 1.54) is 11.3 Å². The number of aliphatic hydroxyl groups excluding tert-OH is 1. The first-order valence-electron chi connectivity index (χ1n) is 10.9. The fourth-order valence-corrected chi connectivity index (χ4v) is 4.55. The molecule has 6 nitrogen and oxygen atoms in total. The van der Waals surface area contributed by atoms with Crippen molar-refractivity contribution >= 4 is 34.2 Å². The average Bonchev–Trinajstić information content (AvgIpc) is 3.11. The fourth-order valence-electron chi connectivity index (χ4n) is 4.38. The topological polar surface area (TPSA) is 79.8 Å². The van der Waals surface area contributed by atoms with Crippen LogP contribution in [0.4, 0.5) is 5.69 Å². The lowest BCUT2D eigenvalue weighted by Gasteiger charge is -2.38. The Morgan fingerprint density at radius 3 is 2.34 bits per heavy atom. The molecule has 3 N–H and O–H groups in total. The number of anilines is 1. The lowest BCUT2D eigenvalue weighted by molar-refractivity contribution is 0.00117. The molecule has 0 amide bonds. The number of H-pyrrole nitrogens is 1. The highest BCUT2D eigenvalue weighted by Gasteiger charge is 2.26. The molecule has 1 atom stereocenters. The van der Waals surface area contributed by atoms with Crippen LogP contribution in [0.25, 0.3) is 10.9 Å². The van der Waals surface area contributed by atoms with Crippen molar-refractivity contribution in [2.24, 2.45) is 0 Å². The molecule has 2 aromatic carbocycles. The minimum atomic E-state index is -1.04. The summed E-state index contributed by atoms with van der Waals surface area (Å²) in [5.74, 6) is -1.04. The second-order valence-electron chi connectivity index (χ2n) is 9.48. The van der Waals surface area contributed by atoms with Crippen LogP contribution >= 0.6 is 11.6 Å². The Kier molecular flexibility index (Phi) is 6.21. The normalized spacial score (nSPS) is 16.5. The summed E-state index contributed by atoms with van der Waals surface area (Å²) in [5.41, 5.74) is 4.03. The zero-order chi connectivity index (χ0) is 23.0. The third-order valence-corrected chi connectivity index (χ3v) is 6.54. The van der Waals surface area contributed by atoms with Crippen LogP contribution in [-0.4, -0.2) is 58.5 Å². The highest BCUT2D eigenvalue weighted by molar-refractivity contribution is 6.31. The summed E-state index contributed by atoms with van der Waals surface area (Å²) < 4.78 is 0. The Balaban J connectivity index is 1.44. The van der Waals surface area contributed by atoms with Crippen LogP contribution < -0.4 is 4.90 Å². The number of halogens is 1. The number of aromatic nitrogens is 1. The number of carbonyl (C=O) groups is 1. The number of piperazine rings is 1. The lowest BCUT2D eigenvalue weighted by atomic mass is 9.87. The first-order valence-corrected chi connectivity index (χ1v) is 11.3. The van der Waals surface area contributed by atoms with Crippen LogP contribution in [-0.2, 0) is 11.8 Å². The number of hydrogen-bond donors (Lipinski definition) is 3. The van der Waals surface area contributed by atoms with Crippen molar-refractivity contribution in [1.29, 1.82) is 0 Å². The molecule has 0 aliphatic carbocycles. The molecule has 1 aliphatic heterocycles. The number of fused-ring (bicyclic) bond motifs is 1. The van der Waals surface area contributed by atoms with Crippen LogP contribution in [0, 0.1) is 0 Å². The Morgan fingerprint density at radius 1 is 1.09 bits per heavy atom. The van der Waals surface area contributed by atoms with Gasteiger partial charge in [-0.1, -0.05) is 44.5 Å². The number of rotatable bonds is 5. The maximum atomic E-state index is 11.8. The SMILES string of the molecule is CC(C)(C)c1ccc(N2CCN(C(O)Cc3c(C(=O)O)[nH]c4ccc(Cl)cc34)CC2)cc1. The summed E-state index contributed by atoms with van der Waals surface area (Å²) in [6, 6.07) is 13.9. The molecule has 170 valence electrons. The maximum Gasteiger partial charge on any atom is 0.352 e. The van der Waals surface area contributed by atoms with Crippen molar-refractivity contribution < 1.29 is 15.0 Å². The molecular weight excluding hydrogens is 426 g/mol. The second kappa shape index (κ2) is 8.77. The molecule has 1 unspecified atom stereocenters. The van der Waals surface area contributed by atoms with E-state index >= 15 is 0 Å². The Bertz CT molecular complexity index is 1110. The molecule has 1 aliphatic rings. The molecular formula is C25H30ClN3O3. The van der Waals surface area contributed by atoms with E-state index in [0.29, 0.717) is 29.2 Å². The van der Waals surface area contributed by atoms with Crippen molar-refractivity contribution in [2.75, 3.05) is 31.1 Å². The molecule has 0 saturated carbocycles. The van der Waals surface area contributed by atoms with E-state index in [1.807, 2.05) is 4.90 Å². The van der Waals surface area contributed by atoms with Gasteiger partial charge in [0.05, 0.1) is 0 Å². The molecule has 1 aromatic heterocycles. The summed E-state index contributed by atoms with van der Waals surface area (Å²) in [4.78, 5) is 19.0. The van der Waals surface area contributed by atoms with Crippen LogP contribution in [0.2, 0.25) is 5.02 Å². The predicted molar refractivity (Wildman–Crippen MR) is 129 cm³/mol. The van der Waals surface area contributed by atoms with Gasteiger partial charge in [-0.3, -0.25) is 4.90 Å². The van der Waals surface area contributed by atoms with Gasteiger partial charge in [0, 0.05) is 54.2 Å². The molecule has 1 fully saturated rings. The zero-order valence-electron chi connectivity index (χ0n) is 18.7. The predicted octanol–water partition coefficient (Wildman–Crippen LogP) is 4.50. The van der Waals surface area contributed by atoms with E-state index in [9.17, 15) is 15.0 Å². The van der Waals surface area contributed by atoms with Crippen molar-refractivity contribution in [2.45, 2.75) is 38.8 Å². The van der Waals surface area contributed by atoms with Gasteiger partial charge in [-0.15, -0.1) is 0 Å². The van der Waals surface area contributed by atoms with E-state index in [1.54, 1.807) is 18.2 Å². The molecule has 0 spiro atoms. The molecule has 0 bridgehead atoms. The molecule has 7 heteroatoms. The van der Waals surface area contributed by atoms with Gasteiger partial charge in [-0.05, 0) is 46.9 Å². The summed E-state index contributed by atoms with van der Waals surface area (Å²) in [7, 11) is 0. The van der Waals surface area contributed by atoms with Crippen LogP contribution in [0.3, 0.4) is 0 Å². The first-order chi connectivity index (χ1) is 15.1. The summed E-state index contributed by atoms with van der Waals surface area (Å²) in [5, 5.41) is 21.8. The van der Waals surface area contributed by atoms with Gasteiger partial charge >= 0.3 is 5.97 Å². The number of aromatic amines is 1. The Morgan fingerprint density at radius 2 is 1.75 bits per heavy atom. The van der Waals surface area contributed by atoms with E-state index in [-0.39, 0.29) is 17.5 Å². The molecule has 0 radical (unpaired) electrons. The Labute approximate surface area is 193 Å². The maximum absolute atomic E-state index is 11.8. The van der Waals surface area contributed by atoms with Gasteiger partial charge in [0.2, 0.25) is 0 Å². The third kappa shape index (κ3) is 4.63.